The number of rotatable bonds is 53. The van der Waals surface area contributed by atoms with Gasteiger partial charge in [-0.1, -0.05) is 270 Å². The molecule has 0 aliphatic rings. The summed E-state index contributed by atoms with van der Waals surface area (Å²) in [7, 11) is 0. The number of esters is 1. The number of aliphatic hydroxyl groups is 2. The minimum Gasteiger partial charge on any atom is -0.462 e. The van der Waals surface area contributed by atoms with E-state index in [-0.39, 0.29) is 24.9 Å². The first-order chi connectivity index (χ1) is 32.0. The van der Waals surface area contributed by atoms with E-state index in [1.807, 2.05) is 0 Å². The lowest BCUT2D eigenvalue weighted by Crippen LogP contribution is -2.46. The third kappa shape index (κ3) is 48.6. The highest BCUT2D eigenvalue weighted by atomic mass is 16.5. The minimum atomic E-state index is -0.785. The van der Waals surface area contributed by atoms with E-state index in [2.05, 4.69) is 50.4 Å². The Morgan fingerprint density at radius 1 is 0.446 bits per heavy atom. The zero-order valence-electron chi connectivity index (χ0n) is 43.9. The van der Waals surface area contributed by atoms with Crippen LogP contribution >= 0.6 is 0 Å². The molecule has 0 bridgehead atoms. The second kappa shape index (κ2) is 53.3. The maximum absolute atomic E-state index is 13.3. The first-order valence-corrected chi connectivity index (χ1v) is 29.1. The first-order valence-electron chi connectivity index (χ1n) is 29.1. The van der Waals surface area contributed by atoms with Gasteiger partial charge in [-0.3, -0.25) is 9.59 Å². The Balaban J connectivity index is 4.53. The summed E-state index contributed by atoms with van der Waals surface area (Å²) in [4.78, 5) is 26.3. The van der Waals surface area contributed by atoms with E-state index in [0.29, 0.717) is 19.3 Å². The van der Waals surface area contributed by atoms with Gasteiger partial charge in [0.1, 0.15) is 6.10 Å². The van der Waals surface area contributed by atoms with Crippen LogP contribution in [0.2, 0.25) is 0 Å². The van der Waals surface area contributed by atoms with E-state index in [9.17, 15) is 19.8 Å². The van der Waals surface area contributed by atoms with Crippen molar-refractivity contribution in [2.75, 3.05) is 6.61 Å². The molecule has 384 valence electrons. The molecule has 0 heterocycles. The van der Waals surface area contributed by atoms with Crippen molar-refractivity contribution in [3.8, 4) is 0 Å². The van der Waals surface area contributed by atoms with E-state index in [1.165, 1.54) is 212 Å². The Morgan fingerprint density at radius 2 is 0.785 bits per heavy atom. The average Bonchev–Trinajstić information content (AvgIpc) is 3.30. The summed E-state index contributed by atoms with van der Waals surface area (Å²) < 4.78 is 5.97. The smallest absolute Gasteiger partial charge is 0.306 e. The van der Waals surface area contributed by atoms with Crippen LogP contribution in [-0.4, -0.2) is 46.9 Å². The fourth-order valence-electron chi connectivity index (χ4n) is 9.11. The molecule has 1 amide bonds. The first kappa shape index (κ1) is 63.3. The standard InChI is InChI=1S/C59H113NO5/c1-4-7-10-13-16-19-22-25-27-29-31-33-35-38-41-44-47-50-55(65-59(64)52-49-46-43-40-37-34-32-30-28-26-23-20-17-14-11-8-5-2)53-58(63)60-56(54-61)57(62)51-48-45-42-39-36-24-21-18-15-12-9-6-3/h17,20,26,28,55-57,61-62H,4-16,18-19,21-25,27,29-54H2,1-3H3,(H,60,63)/b20-17-,28-26-. The molecular weight excluding hydrogens is 803 g/mol. The SMILES string of the molecule is CCCCC/C=C\C/C=C\CCCCCCCCCC(=O)OC(CCCCCCCCCCCCCCCCCCC)CC(=O)NC(CO)C(O)CCCCCCCCCCCCCC. The predicted octanol–water partition coefficient (Wildman–Crippen LogP) is 17.9. The van der Waals surface area contributed by atoms with Gasteiger partial charge in [0.2, 0.25) is 5.91 Å². The molecule has 0 aromatic heterocycles. The molecule has 3 N–H and O–H groups in total. The van der Waals surface area contributed by atoms with E-state index >= 15 is 0 Å². The predicted molar refractivity (Wildman–Crippen MR) is 283 cm³/mol. The third-order valence-corrected chi connectivity index (χ3v) is 13.5. The van der Waals surface area contributed by atoms with Gasteiger partial charge < -0.3 is 20.3 Å². The fourth-order valence-corrected chi connectivity index (χ4v) is 9.11. The average molecular weight is 917 g/mol. The lowest BCUT2D eigenvalue weighted by atomic mass is 10.0. The van der Waals surface area contributed by atoms with E-state index in [1.54, 1.807) is 0 Å². The monoisotopic (exact) mass is 916 g/mol. The van der Waals surface area contributed by atoms with Gasteiger partial charge in [-0.05, 0) is 57.8 Å². The van der Waals surface area contributed by atoms with Crippen molar-refractivity contribution in [2.24, 2.45) is 0 Å². The molecule has 0 aromatic rings. The summed E-state index contributed by atoms with van der Waals surface area (Å²) in [6.07, 6.45) is 62.4. The zero-order chi connectivity index (χ0) is 47.4. The molecule has 6 heteroatoms. The lowest BCUT2D eigenvalue weighted by Gasteiger charge is -2.24. The van der Waals surface area contributed by atoms with Crippen LogP contribution in [0.25, 0.3) is 0 Å². The van der Waals surface area contributed by atoms with Crippen molar-refractivity contribution >= 4 is 11.9 Å². The van der Waals surface area contributed by atoms with E-state index < -0.39 is 18.2 Å². The summed E-state index contributed by atoms with van der Waals surface area (Å²) in [5.41, 5.74) is 0. The highest BCUT2D eigenvalue weighted by Crippen LogP contribution is 2.19. The summed E-state index contributed by atoms with van der Waals surface area (Å²) in [5.74, 6) is -0.462. The zero-order valence-corrected chi connectivity index (χ0v) is 43.9. The Morgan fingerprint density at radius 3 is 1.20 bits per heavy atom. The van der Waals surface area contributed by atoms with Gasteiger partial charge in [-0.15, -0.1) is 0 Å². The van der Waals surface area contributed by atoms with Crippen molar-refractivity contribution in [1.29, 1.82) is 0 Å². The second-order valence-electron chi connectivity index (χ2n) is 20.1. The number of aliphatic hydroxyl groups excluding tert-OH is 2. The molecule has 0 rings (SSSR count). The van der Waals surface area contributed by atoms with Gasteiger partial charge in [0.25, 0.3) is 0 Å². The molecule has 3 unspecified atom stereocenters. The Labute approximate surface area is 405 Å². The molecule has 0 saturated heterocycles. The number of carbonyl (C=O) groups is 2. The van der Waals surface area contributed by atoms with Crippen LogP contribution in [0.3, 0.4) is 0 Å². The lowest BCUT2D eigenvalue weighted by molar-refractivity contribution is -0.151. The Kier molecular flexibility index (Phi) is 51.9. The van der Waals surface area contributed by atoms with E-state index in [0.717, 1.165) is 57.8 Å². The Hall–Kier alpha value is -1.66. The van der Waals surface area contributed by atoms with Crippen molar-refractivity contribution in [3.63, 3.8) is 0 Å². The molecule has 0 aliphatic heterocycles. The maximum Gasteiger partial charge on any atom is 0.306 e. The van der Waals surface area contributed by atoms with Crippen LogP contribution < -0.4 is 5.32 Å². The van der Waals surface area contributed by atoms with Crippen LogP contribution in [0.1, 0.15) is 316 Å². The number of hydrogen-bond donors (Lipinski definition) is 3. The largest absolute Gasteiger partial charge is 0.462 e. The summed E-state index contributed by atoms with van der Waals surface area (Å²) in [6, 6.07) is -0.698. The number of unbranched alkanes of at least 4 members (excludes halogenated alkanes) is 37. The van der Waals surface area contributed by atoms with Crippen molar-refractivity contribution in [3.05, 3.63) is 24.3 Å². The fraction of sp³-hybridized carbons (Fsp3) is 0.898. The van der Waals surface area contributed by atoms with Gasteiger partial charge >= 0.3 is 5.97 Å². The molecule has 0 fully saturated rings. The normalized spacial score (nSPS) is 13.2. The number of carbonyl (C=O) groups excluding carboxylic acids is 2. The molecule has 0 aromatic carbocycles. The highest BCUT2D eigenvalue weighted by molar-refractivity contribution is 5.77. The van der Waals surface area contributed by atoms with Gasteiger partial charge in [-0.25, -0.2) is 0 Å². The molecule has 0 aliphatic carbocycles. The quantitative estimate of drug-likeness (QED) is 0.0321. The molecule has 6 nitrogen and oxygen atoms in total. The van der Waals surface area contributed by atoms with Gasteiger partial charge in [0.05, 0.1) is 25.2 Å². The van der Waals surface area contributed by atoms with E-state index in [4.69, 9.17) is 4.74 Å². The molecule has 0 saturated carbocycles. The topological polar surface area (TPSA) is 95.9 Å². The maximum atomic E-state index is 13.3. The van der Waals surface area contributed by atoms with Gasteiger partial charge in [0, 0.05) is 6.42 Å². The number of allylic oxidation sites excluding steroid dienone is 4. The molecule has 65 heavy (non-hydrogen) atoms. The highest BCUT2D eigenvalue weighted by Gasteiger charge is 2.24. The molecular formula is C59H113NO5. The number of nitrogens with one attached hydrogen (secondary N) is 1. The van der Waals surface area contributed by atoms with Crippen LogP contribution in [0.4, 0.5) is 0 Å². The van der Waals surface area contributed by atoms with Gasteiger partial charge in [0.15, 0.2) is 0 Å². The molecule has 0 spiro atoms. The molecule has 0 radical (unpaired) electrons. The number of hydrogen-bond acceptors (Lipinski definition) is 5. The summed E-state index contributed by atoms with van der Waals surface area (Å²) in [5, 5.41) is 23.9. The van der Waals surface area contributed by atoms with Crippen LogP contribution in [0.5, 0.6) is 0 Å². The van der Waals surface area contributed by atoms with Gasteiger partial charge in [-0.2, -0.15) is 0 Å². The van der Waals surface area contributed by atoms with Crippen molar-refractivity contribution < 1.29 is 24.5 Å². The minimum absolute atomic E-state index is 0.0807. The van der Waals surface area contributed by atoms with Crippen molar-refractivity contribution in [2.45, 2.75) is 334 Å². The molecule has 3 atom stereocenters. The van der Waals surface area contributed by atoms with Crippen LogP contribution in [0, 0.1) is 0 Å². The van der Waals surface area contributed by atoms with Crippen LogP contribution in [-0.2, 0) is 14.3 Å². The third-order valence-electron chi connectivity index (χ3n) is 13.5. The van der Waals surface area contributed by atoms with Crippen molar-refractivity contribution in [1.82, 2.24) is 5.32 Å². The summed E-state index contributed by atoms with van der Waals surface area (Å²) >= 11 is 0. The van der Waals surface area contributed by atoms with Crippen LogP contribution in [0.15, 0.2) is 24.3 Å². The second-order valence-corrected chi connectivity index (χ2v) is 20.1. The number of ether oxygens (including phenoxy) is 1. The summed E-state index contributed by atoms with van der Waals surface area (Å²) in [6.45, 7) is 6.49. The number of amides is 1. The Bertz CT molecular complexity index is 1030.